The highest BCUT2D eigenvalue weighted by atomic mass is 31.1. The Morgan fingerprint density at radius 1 is 0.424 bits per heavy atom. The van der Waals surface area contributed by atoms with Crippen LogP contribution in [0.2, 0.25) is 0 Å². The fraction of sp³-hybridized carbons (Fsp3) is 0.0545. The average molecular weight is 777 g/mol. The number of aryl methyl sites for hydroxylation is 2. The highest BCUT2D eigenvalue weighted by Crippen LogP contribution is 2.45. The number of rotatable bonds is 8. The molecule has 0 atom stereocenters. The van der Waals surface area contributed by atoms with Gasteiger partial charge < -0.3 is 4.74 Å². The summed E-state index contributed by atoms with van der Waals surface area (Å²) in [7, 11) is 0.553. The molecule has 0 saturated heterocycles. The third-order valence-corrected chi connectivity index (χ3v) is 13.7. The minimum Gasteiger partial charge on any atom is -0.497 e. The molecule has 0 amide bonds. The zero-order valence-electron chi connectivity index (χ0n) is 33.2. The molecule has 0 bridgehead atoms. The van der Waals surface area contributed by atoms with Crippen LogP contribution in [-0.2, 0) is 0 Å². The van der Waals surface area contributed by atoms with Gasteiger partial charge in [-0.25, -0.2) is 9.97 Å². The molecule has 0 spiro atoms. The predicted octanol–water partition coefficient (Wildman–Crippen LogP) is 13.0. The molecule has 0 fully saturated rings. The summed E-state index contributed by atoms with van der Waals surface area (Å²) in [5.74, 6) is 0.820. The highest BCUT2D eigenvalue weighted by Gasteiger charge is 2.28. The van der Waals surface area contributed by atoms with E-state index in [0.29, 0.717) is 0 Å². The van der Waals surface area contributed by atoms with Crippen molar-refractivity contribution in [2.24, 2.45) is 0 Å². The number of aromatic nitrogens is 2. The van der Waals surface area contributed by atoms with Crippen molar-refractivity contribution in [2.75, 3.05) is 7.11 Å². The molecule has 0 N–H and O–H groups in total. The Hall–Kier alpha value is -6.93. The number of fused-ring (bicyclic) bond motifs is 3. The second-order valence-electron chi connectivity index (χ2n) is 15.1. The maximum atomic E-state index is 5.96. The lowest BCUT2D eigenvalue weighted by Crippen LogP contribution is -2.26. The van der Waals surface area contributed by atoms with Gasteiger partial charge in [0.05, 0.1) is 29.3 Å². The van der Waals surface area contributed by atoms with Crippen molar-refractivity contribution in [1.82, 2.24) is 9.97 Å². The van der Waals surface area contributed by atoms with Crippen LogP contribution in [0.15, 0.2) is 194 Å². The summed E-state index contributed by atoms with van der Waals surface area (Å²) in [6, 6.07) is 69.9. The largest absolute Gasteiger partial charge is 0.497 e. The smallest absolute Gasteiger partial charge is 0.119 e. The van der Waals surface area contributed by atoms with E-state index < -0.39 is 7.92 Å². The Bertz CT molecular complexity index is 3100. The standard InChI is InChI=1S/C55H41N2OP/c1-36-21-25-40(26-22-36)46-33-34-47(41-27-23-37(2)24-28-41)53-52(46)56-54(55(57-53)59(43-15-6-4-7-16-43)44-17-8-5-9-18-44)49-32-30-38-13-10-11-19-45(38)51(49)48-20-12-14-39-29-31-42(58-3)35-50(39)48/h4-35H,1-3H3. The summed E-state index contributed by atoms with van der Waals surface area (Å²) in [6.07, 6.45) is 0. The van der Waals surface area contributed by atoms with E-state index in [1.807, 2.05) is 6.07 Å². The van der Waals surface area contributed by atoms with Crippen molar-refractivity contribution < 1.29 is 4.74 Å². The highest BCUT2D eigenvalue weighted by molar-refractivity contribution is 7.79. The first kappa shape index (κ1) is 36.4. The van der Waals surface area contributed by atoms with E-state index in [2.05, 4.69) is 202 Å². The molecule has 10 aromatic rings. The van der Waals surface area contributed by atoms with Gasteiger partial charge in [-0.2, -0.15) is 0 Å². The topological polar surface area (TPSA) is 35.0 Å². The molecule has 0 unspecified atom stereocenters. The summed E-state index contributed by atoms with van der Waals surface area (Å²) in [6.45, 7) is 4.26. The lowest BCUT2D eigenvalue weighted by molar-refractivity contribution is 0.415. The fourth-order valence-electron chi connectivity index (χ4n) is 8.30. The molecule has 1 aromatic heterocycles. The molecule has 1 heterocycles. The lowest BCUT2D eigenvalue weighted by atomic mass is 9.89. The molecule has 10 rings (SSSR count). The number of hydrogen-bond acceptors (Lipinski definition) is 3. The Morgan fingerprint density at radius 3 is 1.58 bits per heavy atom. The molecule has 282 valence electrons. The van der Waals surface area contributed by atoms with E-state index in [1.54, 1.807) is 7.11 Å². The van der Waals surface area contributed by atoms with Crippen LogP contribution >= 0.6 is 7.92 Å². The van der Waals surface area contributed by atoms with Crippen molar-refractivity contribution in [3.05, 3.63) is 205 Å². The number of ether oxygens (including phenoxy) is 1. The molecule has 0 aliphatic heterocycles. The molecule has 9 aromatic carbocycles. The second-order valence-corrected chi connectivity index (χ2v) is 17.2. The van der Waals surface area contributed by atoms with Gasteiger partial charge in [-0.05, 0) is 80.4 Å². The van der Waals surface area contributed by atoms with Crippen molar-refractivity contribution in [3.8, 4) is 50.4 Å². The zero-order chi connectivity index (χ0) is 39.9. The fourth-order valence-corrected chi connectivity index (χ4v) is 10.6. The summed E-state index contributed by atoms with van der Waals surface area (Å²) in [5.41, 5.74) is 13.7. The van der Waals surface area contributed by atoms with E-state index in [1.165, 1.54) is 21.7 Å². The molecule has 0 aliphatic rings. The molecule has 0 aliphatic carbocycles. The van der Waals surface area contributed by atoms with E-state index in [4.69, 9.17) is 14.7 Å². The van der Waals surface area contributed by atoms with Gasteiger partial charge in [-0.15, -0.1) is 0 Å². The number of benzene rings is 9. The minimum atomic E-state index is -1.18. The van der Waals surface area contributed by atoms with Crippen molar-refractivity contribution in [3.63, 3.8) is 0 Å². The maximum Gasteiger partial charge on any atom is 0.119 e. The second kappa shape index (κ2) is 15.4. The Kier molecular flexibility index (Phi) is 9.53. The molecular weight excluding hydrogens is 736 g/mol. The van der Waals surface area contributed by atoms with Crippen molar-refractivity contribution >= 4 is 56.5 Å². The zero-order valence-corrected chi connectivity index (χ0v) is 34.1. The minimum absolute atomic E-state index is 0.820. The normalized spacial score (nSPS) is 11.5. The molecule has 59 heavy (non-hydrogen) atoms. The van der Waals surface area contributed by atoms with Crippen molar-refractivity contribution in [1.29, 1.82) is 0 Å². The first-order valence-electron chi connectivity index (χ1n) is 20.0. The number of nitrogens with zero attached hydrogens (tertiary/aromatic N) is 2. The van der Waals surface area contributed by atoms with Crippen LogP contribution in [0.4, 0.5) is 0 Å². The van der Waals surface area contributed by atoms with E-state index in [9.17, 15) is 0 Å². The Morgan fingerprint density at radius 2 is 0.949 bits per heavy atom. The van der Waals surface area contributed by atoms with Gasteiger partial charge in [0.2, 0.25) is 0 Å². The molecular formula is C55H41N2OP. The monoisotopic (exact) mass is 776 g/mol. The van der Waals surface area contributed by atoms with Gasteiger partial charge in [0, 0.05) is 24.6 Å². The van der Waals surface area contributed by atoms with Gasteiger partial charge in [0.1, 0.15) is 5.75 Å². The van der Waals surface area contributed by atoms with Gasteiger partial charge in [-0.3, -0.25) is 0 Å². The average Bonchev–Trinajstić information content (AvgIpc) is 3.29. The van der Waals surface area contributed by atoms with Gasteiger partial charge >= 0.3 is 0 Å². The van der Waals surface area contributed by atoms with Crippen LogP contribution < -0.4 is 20.8 Å². The van der Waals surface area contributed by atoms with E-state index in [-0.39, 0.29) is 0 Å². The number of hydrogen-bond donors (Lipinski definition) is 0. The third kappa shape index (κ3) is 6.74. The molecule has 4 heteroatoms. The van der Waals surface area contributed by atoms with Crippen LogP contribution in [0.5, 0.6) is 5.75 Å². The first-order valence-corrected chi connectivity index (χ1v) is 21.4. The van der Waals surface area contributed by atoms with Gasteiger partial charge in [0.15, 0.2) is 0 Å². The van der Waals surface area contributed by atoms with E-state index in [0.717, 1.165) is 88.4 Å². The van der Waals surface area contributed by atoms with Crippen LogP contribution in [0.3, 0.4) is 0 Å². The summed E-state index contributed by atoms with van der Waals surface area (Å²) >= 11 is 0. The Balaban J connectivity index is 1.39. The summed E-state index contributed by atoms with van der Waals surface area (Å²) in [5, 5.41) is 7.02. The molecule has 0 saturated carbocycles. The van der Waals surface area contributed by atoms with Gasteiger partial charge in [0.25, 0.3) is 0 Å². The predicted molar refractivity (Wildman–Crippen MR) is 251 cm³/mol. The van der Waals surface area contributed by atoms with Crippen LogP contribution in [0.1, 0.15) is 11.1 Å². The van der Waals surface area contributed by atoms with Gasteiger partial charge in [-0.1, -0.05) is 193 Å². The molecule has 0 radical (unpaired) electrons. The SMILES string of the molecule is COc1ccc2cccc(-c3c(-c4nc5c(-c6ccc(C)cc6)ccc(-c6ccc(C)cc6)c5nc4P(c4ccccc4)c4ccccc4)ccc4ccccc34)c2c1. The molecule has 3 nitrogen and oxygen atoms in total. The third-order valence-electron chi connectivity index (χ3n) is 11.3. The lowest BCUT2D eigenvalue weighted by Gasteiger charge is -2.24. The van der Waals surface area contributed by atoms with Crippen LogP contribution in [0, 0.1) is 13.8 Å². The van der Waals surface area contributed by atoms with Crippen LogP contribution in [0.25, 0.3) is 77.2 Å². The quantitative estimate of drug-likeness (QED) is 0.144. The first-order chi connectivity index (χ1) is 29.0. The Labute approximate surface area is 346 Å². The van der Waals surface area contributed by atoms with Crippen LogP contribution in [-0.4, -0.2) is 17.1 Å². The number of methoxy groups -OCH3 is 1. The van der Waals surface area contributed by atoms with Crippen molar-refractivity contribution in [2.45, 2.75) is 13.8 Å². The summed E-state index contributed by atoms with van der Waals surface area (Å²) in [4.78, 5) is 11.9. The maximum absolute atomic E-state index is 5.96. The van der Waals surface area contributed by atoms with E-state index >= 15 is 0 Å². The summed E-state index contributed by atoms with van der Waals surface area (Å²) < 4.78 is 5.81.